The van der Waals surface area contributed by atoms with Crippen molar-refractivity contribution in [2.75, 3.05) is 0 Å². The van der Waals surface area contributed by atoms with E-state index < -0.39 is 5.41 Å². The van der Waals surface area contributed by atoms with Crippen LogP contribution in [0.2, 0.25) is 0 Å². The smallest absolute Gasteiger partial charge is 0.235 e. The zero-order chi connectivity index (χ0) is 13.5. The van der Waals surface area contributed by atoms with Crippen molar-refractivity contribution >= 4 is 12.1 Å². The summed E-state index contributed by atoms with van der Waals surface area (Å²) >= 11 is 0. The van der Waals surface area contributed by atoms with Gasteiger partial charge in [0.25, 0.3) is 0 Å². The van der Waals surface area contributed by atoms with Gasteiger partial charge in [0.05, 0.1) is 16.8 Å². The van der Waals surface area contributed by atoms with Gasteiger partial charge in [0.2, 0.25) is 5.91 Å². The van der Waals surface area contributed by atoms with E-state index in [0.717, 1.165) is 0 Å². The van der Waals surface area contributed by atoms with Crippen LogP contribution >= 0.6 is 0 Å². The van der Waals surface area contributed by atoms with Gasteiger partial charge in [-0.25, -0.2) is 0 Å². The Morgan fingerprint density at radius 2 is 2.00 bits per heavy atom. The Balaban J connectivity index is 0.00000121. The summed E-state index contributed by atoms with van der Waals surface area (Å²) in [5.41, 5.74) is 0.640. The van der Waals surface area contributed by atoms with Crippen LogP contribution in [0.3, 0.4) is 0 Å². The fourth-order valence-electron chi connectivity index (χ4n) is 1.05. The molecule has 94 valence electrons. The van der Waals surface area contributed by atoms with E-state index in [1.54, 1.807) is 12.3 Å². The van der Waals surface area contributed by atoms with Crippen molar-refractivity contribution in [2.45, 2.75) is 34.6 Å². The molecule has 0 unspecified atom stereocenters. The molecule has 1 aliphatic rings. The third-order valence-electron chi connectivity index (χ3n) is 2.14. The van der Waals surface area contributed by atoms with Crippen LogP contribution in [-0.4, -0.2) is 12.1 Å². The van der Waals surface area contributed by atoms with Gasteiger partial charge in [0, 0.05) is 6.21 Å². The third-order valence-corrected chi connectivity index (χ3v) is 2.14. The highest BCUT2D eigenvalue weighted by molar-refractivity contribution is 6.00. The lowest BCUT2D eigenvalue weighted by molar-refractivity contribution is -0.125. The number of aliphatic imine (C=N–C) groups is 1. The monoisotopic (exact) mass is 234 g/mol. The van der Waals surface area contributed by atoms with Crippen LogP contribution in [0.4, 0.5) is 0 Å². The fourth-order valence-corrected chi connectivity index (χ4v) is 1.05. The molecule has 0 atom stereocenters. The Hall–Kier alpha value is -1.64. The lowest BCUT2D eigenvalue weighted by Crippen LogP contribution is -2.35. The Labute approximate surface area is 104 Å². The highest BCUT2D eigenvalue weighted by Gasteiger charge is 2.28. The van der Waals surface area contributed by atoms with Crippen molar-refractivity contribution in [3.8, 4) is 0 Å². The number of nitrogens with zero attached hydrogens (tertiary/aromatic N) is 1. The zero-order valence-corrected chi connectivity index (χ0v) is 11.4. The molecular weight excluding hydrogens is 212 g/mol. The average Bonchev–Trinajstić information content (AvgIpc) is 2.41. The molecular formula is C14H22N2O. The van der Waals surface area contributed by atoms with E-state index in [1.807, 2.05) is 46.8 Å². The summed E-state index contributed by atoms with van der Waals surface area (Å²) in [5, 5.41) is 2.80. The van der Waals surface area contributed by atoms with Crippen molar-refractivity contribution < 1.29 is 4.79 Å². The number of amides is 1. The lowest BCUT2D eigenvalue weighted by Gasteiger charge is -2.15. The van der Waals surface area contributed by atoms with Crippen LogP contribution in [0.15, 0.2) is 41.2 Å². The summed E-state index contributed by atoms with van der Waals surface area (Å²) in [5.74, 6) is -0.0688. The van der Waals surface area contributed by atoms with Gasteiger partial charge in [-0.15, -0.1) is 0 Å². The van der Waals surface area contributed by atoms with E-state index in [9.17, 15) is 4.79 Å². The van der Waals surface area contributed by atoms with E-state index in [1.165, 1.54) is 0 Å². The van der Waals surface area contributed by atoms with Gasteiger partial charge in [-0.1, -0.05) is 32.6 Å². The van der Waals surface area contributed by atoms with Crippen LogP contribution in [-0.2, 0) is 4.79 Å². The zero-order valence-electron chi connectivity index (χ0n) is 11.4. The molecule has 0 bridgehead atoms. The Morgan fingerprint density at radius 1 is 1.41 bits per heavy atom. The lowest BCUT2D eigenvalue weighted by atomic mass is 9.94. The fraction of sp³-hybridized carbons (Fsp3) is 0.429. The molecule has 1 amide bonds. The molecule has 0 saturated heterocycles. The first kappa shape index (κ1) is 15.4. The number of hydrogen-bond donors (Lipinski definition) is 1. The largest absolute Gasteiger partial charge is 0.323 e. The van der Waals surface area contributed by atoms with Crippen molar-refractivity contribution in [2.24, 2.45) is 10.4 Å². The molecule has 1 rings (SSSR count). The number of rotatable bonds is 1. The van der Waals surface area contributed by atoms with Crippen LogP contribution in [0.1, 0.15) is 34.6 Å². The SMILES string of the molecule is C=C1N=CC(C)(C)C(=O)N/C1=C/C=C\C.CC. The van der Waals surface area contributed by atoms with E-state index in [-0.39, 0.29) is 5.91 Å². The maximum absolute atomic E-state index is 11.7. The van der Waals surface area contributed by atoms with Gasteiger partial charge in [-0.05, 0) is 26.8 Å². The van der Waals surface area contributed by atoms with Crippen LogP contribution in [0.25, 0.3) is 0 Å². The normalized spacial score (nSPS) is 20.9. The van der Waals surface area contributed by atoms with Gasteiger partial charge >= 0.3 is 0 Å². The molecule has 3 heteroatoms. The molecule has 1 aliphatic heterocycles. The van der Waals surface area contributed by atoms with Gasteiger partial charge in [-0.3, -0.25) is 9.79 Å². The maximum atomic E-state index is 11.7. The van der Waals surface area contributed by atoms with Crippen LogP contribution < -0.4 is 5.32 Å². The molecule has 0 spiro atoms. The summed E-state index contributed by atoms with van der Waals surface area (Å²) < 4.78 is 0. The minimum absolute atomic E-state index is 0.0688. The number of nitrogens with one attached hydrogen (secondary N) is 1. The molecule has 0 radical (unpaired) electrons. The molecule has 1 heterocycles. The molecule has 0 aliphatic carbocycles. The Bertz CT molecular complexity index is 374. The van der Waals surface area contributed by atoms with Crippen molar-refractivity contribution in [3.63, 3.8) is 0 Å². The van der Waals surface area contributed by atoms with Crippen LogP contribution in [0, 0.1) is 5.41 Å². The predicted molar refractivity (Wildman–Crippen MR) is 73.8 cm³/mol. The second-order valence-electron chi connectivity index (χ2n) is 3.99. The second kappa shape index (κ2) is 6.84. The van der Waals surface area contributed by atoms with Gasteiger partial charge in [-0.2, -0.15) is 0 Å². The average molecular weight is 234 g/mol. The van der Waals surface area contributed by atoms with Crippen molar-refractivity contribution in [1.82, 2.24) is 5.32 Å². The number of hydrogen-bond acceptors (Lipinski definition) is 2. The Morgan fingerprint density at radius 3 is 2.53 bits per heavy atom. The first-order chi connectivity index (χ1) is 7.97. The minimum Gasteiger partial charge on any atom is -0.323 e. The second-order valence-corrected chi connectivity index (χ2v) is 3.99. The topological polar surface area (TPSA) is 41.5 Å². The quantitative estimate of drug-likeness (QED) is 0.743. The van der Waals surface area contributed by atoms with E-state index in [2.05, 4.69) is 16.9 Å². The minimum atomic E-state index is -0.589. The predicted octanol–water partition coefficient (Wildman–Crippen LogP) is 3.21. The molecule has 0 fully saturated rings. The number of allylic oxidation sites excluding steroid dienone is 3. The van der Waals surface area contributed by atoms with Crippen molar-refractivity contribution in [3.05, 3.63) is 36.2 Å². The standard InChI is InChI=1S/C12H16N2O.C2H6/c1-5-6-7-10-9(2)13-8-12(3,4)11(15)14-10;1-2/h5-8H,2H2,1,3-4H3,(H,14,15);1-2H3/b6-5-,10-7+;. The molecule has 3 nitrogen and oxygen atoms in total. The summed E-state index contributed by atoms with van der Waals surface area (Å²) in [6.07, 6.45) is 7.14. The summed E-state index contributed by atoms with van der Waals surface area (Å²) in [6, 6.07) is 0. The maximum Gasteiger partial charge on any atom is 0.235 e. The summed E-state index contributed by atoms with van der Waals surface area (Å²) in [7, 11) is 0. The number of carbonyl (C=O) groups excluding carboxylic acids is 1. The van der Waals surface area contributed by atoms with E-state index in [0.29, 0.717) is 11.4 Å². The van der Waals surface area contributed by atoms with Gasteiger partial charge in [0.15, 0.2) is 0 Å². The first-order valence-corrected chi connectivity index (χ1v) is 5.86. The highest BCUT2D eigenvalue weighted by Crippen LogP contribution is 2.19. The van der Waals surface area contributed by atoms with E-state index >= 15 is 0 Å². The van der Waals surface area contributed by atoms with Gasteiger partial charge < -0.3 is 5.32 Å². The molecule has 0 aromatic carbocycles. The molecule has 0 aromatic rings. The highest BCUT2D eigenvalue weighted by atomic mass is 16.2. The first-order valence-electron chi connectivity index (χ1n) is 5.86. The van der Waals surface area contributed by atoms with Gasteiger partial charge in [0.1, 0.15) is 0 Å². The molecule has 0 saturated carbocycles. The third kappa shape index (κ3) is 4.39. The van der Waals surface area contributed by atoms with Crippen molar-refractivity contribution in [1.29, 1.82) is 0 Å². The molecule has 17 heavy (non-hydrogen) atoms. The van der Waals surface area contributed by atoms with E-state index in [4.69, 9.17) is 0 Å². The summed E-state index contributed by atoms with van der Waals surface area (Å²) in [6.45, 7) is 13.3. The number of carbonyl (C=O) groups is 1. The molecule has 1 N–H and O–H groups in total. The Kier molecular flexibility index (Phi) is 6.18. The van der Waals surface area contributed by atoms with Crippen LogP contribution in [0.5, 0.6) is 0 Å². The summed E-state index contributed by atoms with van der Waals surface area (Å²) in [4.78, 5) is 15.9. The molecule has 0 aromatic heterocycles.